The molecule has 0 spiro atoms. The highest BCUT2D eigenvalue weighted by molar-refractivity contribution is 7.14. The molecule has 1 aliphatic rings. The average Bonchev–Trinajstić information content (AvgIpc) is 3.07. The minimum absolute atomic E-state index is 0.0582. The molecule has 144 valence electrons. The minimum atomic E-state index is -0.767. The number of nitrogens with zero attached hydrogens (tertiary/aromatic N) is 1. The number of benzene rings is 1. The number of thiophene rings is 1. The van der Waals surface area contributed by atoms with E-state index in [-0.39, 0.29) is 18.2 Å². The van der Waals surface area contributed by atoms with Crippen molar-refractivity contribution in [3.63, 3.8) is 0 Å². The Kier molecular flexibility index (Phi) is 6.16. The van der Waals surface area contributed by atoms with Crippen molar-refractivity contribution >= 4 is 23.2 Å². The van der Waals surface area contributed by atoms with E-state index in [0.29, 0.717) is 13.0 Å². The van der Waals surface area contributed by atoms with E-state index in [4.69, 9.17) is 9.84 Å². The molecule has 27 heavy (non-hydrogen) atoms. The topological polar surface area (TPSA) is 66.8 Å². The Labute approximate surface area is 163 Å². The third-order valence-electron chi connectivity index (χ3n) is 5.10. The molecule has 1 fully saturated rings. The van der Waals surface area contributed by atoms with Crippen molar-refractivity contribution in [1.82, 2.24) is 4.90 Å². The van der Waals surface area contributed by atoms with Crippen LogP contribution in [0, 0.1) is 12.8 Å². The highest BCUT2D eigenvalue weighted by Gasteiger charge is 2.26. The fourth-order valence-electron chi connectivity index (χ4n) is 3.61. The molecule has 5 nitrogen and oxygen atoms in total. The monoisotopic (exact) mass is 387 g/mol. The first-order valence-electron chi connectivity index (χ1n) is 9.24. The van der Waals surface area contributed by atoms with Crippen LogP contribution in [0.2, 0.25) is 0 Å². The van der Waals surface area contributed by atoms with Crippen molar-refractivity contribution in [3.05, 3.63) is 40.1 Å². The number of carbonyl (C=O) groups excluding carboxylic acids is 1. The van der Waals surface area contributed by atoms with E-state index in [1.165, 1.54) is 11.3 Å². The van der Waals surface area contributed by atoms with Crippen molar-refractivity contribution < 1.29 is 19.4 Å². The lowest BCUT2D eigenvalue weighted by atomic mass is 9.93. The molecule has 1 unspecified atom stereocenters. The second kappa shape index (κ2) is 8.57. The summed E-state index contributed by atoms with van der Waals surface area (Å²) >= 11 is 1.52. The molecule has 6 heteroatoms. The maximum absolute atomic E-state index is 13.0. The van der Waals surface area contributed by atoms with Gasteiger partial charge in [-0.15, -0.1) is 11.3 Å². The number of methoxy groups -OCH3 is 1. The lowest BCUT2D eigenvalue weighted by Crippen LogP contribution is -2.39. The normalized spacial score (nSPS) is 17.0. The largest absolute Gasteiger partial charge is 0.497 e. The molecule has 0 radical (unpaired) electrons. The summed E-state index contributed by atoms with van der Waals surface area (Å²) in [5.74, 6) is 0.379. The second-order valence-electron chi connectivity index (χ2n) is 7.00. The molecular weight excluding hydrogens is 362 g/mol. The molecule has 2 heterocycles. The number of rotatable bonds is 6. The smallest absolute Gasteiger partial charge is 0.303 e. The first kappa shape index (κ1) is 19.4. The van der Waals surface area contributed by atoms with E-state index in [2.05, 4.69) is 0 Å². The number of carboxylic acid groups (broad SMARTS) is 1. The lowest BCUT2D eigenvalue weighted by Gasteiger charge is -2.32. The molecule has 1 saturated heterocycles. The van der Waals surface area contributed by atoms with Crippen LogP contribution in [0.3, 0.4) is 0 Å². The van der Waals surface area contributed by atoms with E-state index in [0.717, 1.165) is 46.0 Å². The zero-order valence-electron chi connectivity index (χ0n) is 15.7. The van der Waals surface area contributed by atoms with Gasteiger partial charge in [-0.05, 0) is 61.4 Å². The number of carboxylic acids is 1. The molecule has 0 bridgehead atoms. The summed E-state index contributed by atoms with van der Waals surface area (Å²) in [6, 6.07) is 9.83. The molecule has 1 aromatic carbocycles. The summed E-state index contributed by atoms with van der Waals surface area (Å²) < 4.78 is 5.21. The van der Waals surface area contributed by atoms with Crippen molar-refractivity contribution in [2.45, 2.75) is 32.6 Å². The van der Waals surface area contributed by atoms with Gasteiger partial charge in [0.05, 0.1) is 12.0 Å². The van der Waals surface area contributed by atoms with Gasteiger partial charge in [-0.1, -0.05) is 12.1 Å². The van der Waals surface area contributed by atoms with E-state index >= 15 is 0 Å². The van der Waals surface area contributed by atoms with Gasteiger partial charge >= 0.3 is 5.97 Å². The number of hydrogen-bond donors (Lipinski definition) is 1. The zero-order chi connectivity index (χ0) is 19.4. The van der Waals surface area contributed by atoms with E-state index in [1.807, 2.05) is 42.2 Å². The molecule has 1 aromatic heterocycles. The fourth-order valence-corrected chi connectivity index (χ4v) is 4.62. The standard InChI is InChI=1S/C21H25NO4S/c1-14-18(16-6-8-17(26-2)9-7-16)12-19(27-14)21(25)22-11-3-4-15(13-22)5-10-20(23)24/h6-9,12,15H,3-5,10-11,13H2,1-2H3,(H,23,24). The highest BCUT2D eigenvalue weighted by atomic mass is 32.1. The summed E-state index contributed by atoms with van der Waals surface area (Å²) in [4.78, 5) is 27.5. The van der Waals surface area contributed by atoms with Gasteiger partial charge < -0.3 is 14.7 Å². The zero-order valence-corrected chi connectivity index (χ0v) is 16.6. The van der Waals surface area contributed by atoms with E-state index < -0.39 is 5.97 Å². The van der Waals surface area contributed by atoms with E-state index in [1.54, 1.807) is 7.11 Å². The van der Waals surface area contributed by atoms with Crippen LogP contribution in [-0.4, -0.2) is 42.1 Å². The van der Waals surface area contributed by atoms with Gasteiger partial charge in [-0.25, -0.2) is 0 Å². The Morgan fingerprint density at radius 2 is 2.04 bits per heavy atom. The van der Waals surface area contributed by atoms with Crippen LogP contribution in [0.4, 0.5) is 0 Å². The number of likely N-dealkylation sites (tertiary alicyclic amines) is 1. The first-order valence-corrected chi connectivity index (χ1v) is 10.1. The van der Waals surface area contributed by atoms with Crippen molar-refractivity contribution in [2.24, 2.45) is 5.92 Å². The minimum Gasteiger partial charge on any atom is -0.497 e. The Hall–Kier alpha value is -2.34. The van der Waals surface area contributed by atoms with Gasteiger partial charge in [0.2, 0.25) is 0 Å². The second-order valence-corrected chi connectivity index (χ2v) is 8.26. The van der Waals surface area contributed by atoms with Crippen molar-refractivity contribution in [3.8, 4) is 16.9 Å². The fraction of sp³-hybridized carbons (Fsp3) is 0.429. The van der Waals surface area contributed by atoms with Crippen LogP contribution in [-0.2, 0) is 4.79 Å². The first-order chi connectivity index (χ1) is 13.0. The molecule has 3 rings (SSSR count). The molecule has 1 amide bonds. The highest BCUT2D eigenvalue weighted by Crippen LogP contribution is 2.33. The predicted molar refractivity (Wildman–Crippen MR) is 107 cm³/mol. The number of carbonyl (C=O) groups is 2. The SMILES string of the molecule is COc1ccc(-c2cc(C(=O)N3CCCC(CCC(=O)O)C3)sc2C)cc1. The summed E-state index contributed by atoms with van der Waals surface area (Å²) in [5, 5.41) is 8.88. The number of piperidine rings is 1. The summed E-state index contributed by atoms with van der Waals surface area (Å²) in [7, 11) is 1.64. The van der Waals surface area contributed by atoms with Crippen LogP contribution >= 0.6 is 11.3 Å². The van der Waals surface area contributed by atoms with Crippen LogP contribution in [0.5, 0.6) is 5.75 Å². The Morgan fingerprint density at radius 1 is 1.30 bits per heavy atom. The summed E-state index contributed by atoms with van der Waals surface area (Å²) in [6.45, 7) is 3.44. The Balaban J connectivity index is 1.72. The quantitative estimate of drug-likeness (QED) is 0.795. The van der Waals surface area contributed by atoms with Crippen LogP contribution in [0.25, 0.3) is 11.1 Å². The van der Waals surface area contributed by atoms with Crippen molar-refractivity contribution in [1.29, 1.82) is 0 Å². The van der Waals surface area contributed by atoms with Gasteiger partial charge in [0.1, 0.15) is 5.75 Å². The van der Waals surface area contributed by atoms with Gasteiger partial charge in [-0.2, -0.15) is 0 Å². The Morgan fingerprint density at radius 3 is 2.70 bits per heavy atom. The molecule has 0 saturated carbocycles. The molecule has 0 aliphatic carbocycles. The van der Waals surface area contributed by atoms with Crippen LogP contribution < -0.4 is 4.74 Å². The molecule has 1 aliphatic heterocycles. The number of aliphatic carboxylic acids is 1. The maximum atomic E-state index is 13.0. The van der Waals surface area contributed by atoms with Gasteiger partial charge in [-0.3, -0.25) is 9.59 Å². The predicted octanol–water partition coefficient (Wildman–Crippen LogP) is 4.45. The maximum Gasteiger partial charge on any atom is 0.303 e. The number of aryl methyl sites for hydroxylation is 1. The van der Waals surface area contributed by atoms with Gasteiger partial charge in [0.25, 0.3) is 5.91 Å². The number of amides is 1. The average molecular weight is 388 g/mol. The van der Waals surface area contributed by atoms with Crippen LogP contribution in [0.15, 0.2) is 30.3 Å². The van der Waals surface area contributed by atoms with Crippen molar-refractivity contribution in [2.75, 3.05) is 20.2 Å². The summed E-state index contributed by atoms with van der Waals surface area (Å²) in [5.41, 5.74) is 2.15. The third kappa shape index (κ3) is 4.69. The summed E-state index contributed by atoms with van der Waals surface area (Å²) in [6.07, 6.45) is 2.75. The number of hydrogen-bond acceptors (Lipinski definition) is 4. The molecular formula is C21H25NO4S. The molecule has 1 atom stereocenters. The van der Waals surface area contributed by atoms with Gasteiger partial charge in [0.15, 0.2) is 0 Å². The van der Waals surface area contributed by atoms with E-state index in [9.17, 15) is 9.59 Å². The lowest BCUT2D eigenvalue weighted by molar-refractivity contribution is -0.137. The Bertz CT molecular complexity index is 812. The van der Waals surface area contributed by atoms with Crippen LogP contribution in [0.1, 0.15) is 40.2 Å². The molecule has 1 N–H and O–H groups in total. The molecule has 2 aromatic rings. The third-order valence-corrected chi connectivity index (χ3v) is 6.14. The number of ether oxygens (including phenoxy) is 1. The van der Waals surface area contributed by atoms with Gasteiger partial charge in [0, 0.05) is 24.4 Å².